The summed E-state index contributed by atoms with van der Waals surface area (Å²) in [6, 6.07) is 0. The highest BCUT2D eigenvalue weighted by molar-refractivity contribution is 5.89. The predicted octanol–water partition coefficient (Wildman–Crippen LogP) is -1.45. The third-order valence-electron chi connectivity index (χ3n) is 1.57. The van der Waals surface area contributed by atoms with Gasteiger partial charge < -0.3 is 35.7 Å². The maximum absolute atomic E-state index is 9.72. The Balaban J connectivity index is -0.000000291. The fraction of sp³-hybridized carbons (Fsp3) is 0.333. The summed E-state index contributed by atoms with van der Waals surface area (Å²) < 4.78 is 0. The van der Waals surface area contributed by atoms with Crippen molar-refractivity contribution in [3.63, 3.8) is 0 Å². The van der Waals surface area contributed by atoms with Gasteiger partial charge in [0.25, 0.3) is 0 Å². The molecular weight excluding hydrogens is 352 g/mol. The predicted molar refractivity (Wildman–Crippen MR) is 74.8 cm³/mol. The molecule has 0 aliphatic rings. The van der Waals surface area contributed by atoms with E-state index in [1.54, 1.807) is 0 Å². The van der Waals surface area contributed by atoms with E-state index in [0.29, 0.717) is 12.2 Å². The van der Waals surface area contributed by atoms with Crippen molar-refractivity contribution in [1.29, 1.82) is 0 Å². The molecule has 0 aromatic rings. The number of carboxylic acid groups (broad SMARTS) is 6. The van der Waals surface area contributed by atoms with Gasteiger partial charge >= 0.3 is 35.8 Å². The first kappa shape index (κ1) is 26.4. The standard InChI is InChI=1S/C4H6O5.C4H6O4.C4H4O4/c5-2(4(8)9)1-3(6)7;2*5-3(6)1-2-4(7)8/h2,5H,1H2,(H,6,7)(H,8,9);1-2H2,(H,5,6)(H,7,8);1-2H,(H,5,6)(H,7,8). The highest BCUT2D eigenvalue weighted by atomic mass is 16.4. The van der Waals surface area contributed by atoms with Crippen molar-refractivity contribution in [2.75, 3.05) is 0 Å². The third-order valence-corrected chi connectivity index (χ3v) is 1.57. The van der Waals surface area contributed by atoms with Gasteiger partial charge in [-0.1, -0.05) is 0 Å². The highest BCUT2D eigenvalue weighted by Gasteiger charge is 2.16. The van der Waals surface area contributed by atoms with E-state index in [0.717, 1.165) is 0 Å². The Morgan fingerprint density at radius 1 is 0.640 bits per heavy atom. The fourth-order valence-corrected chi connectivity index (χ4v) is 0.609. The maximum atomic E-state index is 9.72. The zero-order chi connectivity index (χ0) is 20.6. The molecule has 0 amide bonds. The second-order valence-corrected chi connectivity index (χ2v) is 3.75. The van der Waals surface area contributed by atoms with Crippen LogP contribution in [0.5, 0.6) is 0 Å². The number of carboxylic acids is 6. The van der Waals surface area contributed by atoms with Gasteiger partial charge in [0, 0.05) is 12.2 Å². The first-order valence-electron chi connectivity index (χ1n) is 5.99. The molecule has 25 heavy (non-hydrogen) atoms. The van der Waals surface area contributed by atoms with Gasteiger partial charge in [0.2, 0.25) is 0 Å². The van der Waals surface area contributed by atoms with Crippen LogP contribution >= 0.6 is 0 Å². The van der Waals surface area contributed by atoms with Crippen molar-refractivity contribution in [3.8, 4) is 0 Å². The summed E-state index contributed by atoms with van der Waals surface area (Å²) in [5, 5.41) is 55.6. The van der Waals surface area contributed by atoms with Crippen LogP contribution in [0.3, 0.4) is 0 Å². The lowest BCUT2D eigenvalue weighted by Crippen LogP contribution is -2.22. The molecule has 0 rings (SSSR count). The maximum Gasteiger partial charge on any atom is 0.333 e. The van der Waals surface area contributed by atoms with E-state index in [1.807, 2.05) is 0 Å². The van der Waals surface area contributed by atoms with Crippen LogP contribution in [-0.4, -0.2) is 77.7 Å². The largest absolute Gasteiger partial charge is 0.481 e. The van der Waals surface area contributed by atoms with Crippen molar-refractivity contribution in [1.82, 2.24) is 0 Å². The van der Waals surface area contributed by atoms with Crippen molar-refractivity contribution >= 4 is 35.8 Å². The minimum atomic E-state index is -1.79. The summed E-state index contributed by atoms with van der Waals surface area (Å²) >= 11 is 0. The van der Waals surface area contributed by atoms with Crippen LogP contribution in [0.1, 0.15) is 19.3 Å². The average Bonchev–Trinajstić information content (AvgIpc) is 2.43. The van der Waals surface area contributed by atoms with Gasteiger partial charge in [-0.25, -0.2) is 14.4 Å². The second kappa shape index (κ2) is 15.4. The Morgan fingerprint density at radius 2 is 0.960 bits per heavy atom. The Bertz CT molecular complexity index is 489. The summed E-state index contributed by atoms with van der Waals surface area (Å²) in [6.45, 7) is 0. The molecule has 7 N–H and O–H groups in total. The molecule has 0 saturated heterocycles. The first-order chi connectivity index (χ1) is 11.3. The Kier molecular flexibility index (Phi) is 16.3. The number of hydrogen-bond acceptors (Lipinski definition) is 7. The number of aliphatic hydroxyl groups is 1. The van der Waals surface area contributed by atoms with Crippen molar-refractivity contribution in [2.45, 2.75) is 25.4 Å². The molecule has 13 heteroatoms. The van der Waals surface area contributed by atoms with Gasteiger partial charge in [0.05, 0.1) is 19.3 Å². The quantitative estimate of drug-likeness (QED) is 0.243. The van der Waals surface area contributed by atoms with Crippen LogP contribution in [-0.2, 0) is 28.8 Å². The number of carbonyl (C=O) groups is 6. The summed E-state index contributed by atoms with van der Waals surface area (Å²) in [4.78, 5) is 57.8. The molecule has 0 aliphatic carbocycles. The zero-order valence-corrected chi connectivity index (χ0v) is 12.4. The number of aliphatic carboxylic acids is 6. The molecule has 13 nitrogen and oxygen atoms in total. The van der Waals surface area contributed by atoms with E-state index < -0.39 is 48.3 Å². The van der Waals surface area contributed by atoms with Gasteiger partial charge in [-0.05, 0) is 0 Å². The molecule has 0 aliphatic heterocycles. The van der Waals surface area contributed by atoms with Gasteiger partial charge in [0.1, 0.15) is 0 Å². The lowest BCUT2D eigenvalue weighted by atomic mass is 10.3. The molecule has 142 valence electrons. The van der Waals surface area contributed by atoms with E-state index in [2.05, 4.69) is 0 Å². The van der Waals surface area contributed by atoms with E-state index >= 15 is 0 Å². The van der Waals surface area contributed by atoms with Crippen LogP contribution in [0.4, 0.5) is 0 Å². The van der Waals surface area contributed by atoms with Crippen LogP contribution in [0.2, 0.25) is 0 Å². The molecule has 0 saturated carbocycles. The molecule has 0 spiro atoms. The first-order valence-corrected chi connectivity index (χ1v) is 5.99. The van der Waals surface area contributed by atoms with E-state index in [4.69, 9.17) is 35.7 Å². The number of rotatable bonds is 8. The van der Waals surface area contributed by atoms with Crippen molar-refractivity contribution < 1.29 is 64.5 Å². The molecule has 0 fully saturated rings. The Labute approximate surface area is 139 Å². The molecule has 0 heterocycles. The van der Waals surface area contributed by atoms with Crippen molar-refractivity contribution in [3.05, 3.63) is 12.2 Å². The molecule has 0 bridgehead atoms. The van der Waals surface area contributed by atoms with Crippen molar-refractivity contribution in [2.24, 2.45) is 0 Å². The normalized spacial score (nSPS) is 10.3. The summed E-state index contributed by atoms with van der Waals surface area (Å²) in [7, 11) is 0. The topological polar surface area (TPSA) is 244 Å². The summed E-state index contributed by atoms with van der Waals surface area (Å²) in [5.74, 6) is -7.51. The van der Waals surface area contributed by atoms with Gasteiger partial charge in [0.15, 0.2) is 6.10 Å². The molecule has 0 aromatic heterocycles. The molecular formula is C12H16O13. The SMILES string of the molecule is O=C(O)C=CC(=O)O.O=C(O)CC(O)C(=O)O.O=C(O)CCC(=O)O. The second-order valence-electron chi connectivity index (χ2n) is 3.75. The minimum Gasteiger partial charge on any atom is -0.481 e. The summed E-state index contributed by atoms with van der Waals surface area (Å²) in [6.07, 6.45) is -2.02. The zero-order valence-electron chi connectivity index (χ0n) is 12.4. The fourth-order valence-electron chi connectivity index (χ4n) is 0.609. The van der Waals surface area contributed by atoms with E-state index in [9.17, 15) is 28.8 Å². The Hall–Kier alpha value is -3.48. The molecule has 1 atom stereocenters. The van der Waals surface area contributed by atoms with Gasteiger partial charge in [-0.3, -0.25) is 14.4 Å². The average molecular weight is 368 g/mol. The lowest BCUT2D eigenvalue weighted by Gasteiger charge is -1.97. The molecule has 0 aromatic carbocycles. The number of hydrogen-bond donors (Lipinski definition) is 7. The van der Waals surface area contributed by atoms with E-state index in [-0.39, 0.29) is 12.8 Å². The highest BCUT2D eigenvalue weighted by Crippen LogP contribution is 1.89. The number of aliphatic hydroxyl groups excluding tert-OH is 1. The van der Waals surface area contributed by atoms with Gasteiger partial charge in [-0.2, -0.15) is 0 Å². The van der Waals surface area contributed by atoms with Crippen LogP contribution in [0.25, 0.3) is 0 Å². The molecule has 1 unspecified atom stereocenters. The Morgan fingerprint density at radius 3 is 1.08 bits per heavy atom. The molecule has 0 radical (unpaired) electrons. The summed E-state index contributed by atoms with van der Waals surface area (Å²) in [5.41, 5.74) is 0. The van der Waals surface area contributed by atoms with Crippen LogP contribution < -0.4 is 0 Å². The van der Waals surface area contributed by atoms with Crippen LogP contribution in [0.15, 0.2) is 12.2 Å². The smallest absolute Gasteiger partial charge is 0.333 e. The third kappa shape index (κ3) is 33.4. The minimum absolute atomic E-state index is 0.296. The van der Waals surface area contributed by atoms with Gasteiger partial charge in [-0.15, -0.1) is 0 Å². The van der Waals surface area contributed by atoms with Crippen LogP contribution in [0, 0.1) is 0 Å². The van der Waals surface area contributed by atoms with E-state index in [1.165, 1.54) is 0 Å². The lowest BCUT2D eigenvalue weighted by molar-refractivity contribution is -0.152. The monoisotopic (exact) mass is 368 g/mol.